The van der Waals surface area contributed by atoms with Crippen molar-refractivity contribution in [1.82, 2.24) is 18.8 Å². The number of hydrogen-bond donors (Lipinski definition) is 5. The van der Waals surface area contributed by atoms with Crippen LogP contribution in [-0.2, 0) is 12.8 Å². The van der Waals surface area contributed by atoms with Crippen molar-refractivity contribution in [2.24, 2.45) is 0 Å². The molecule has 0 radical (unpaired) electrons. The number of fused-ring (bicyclic) bond motifs is 4. The van der Waals surface area contributed by atoms with E-state index >= 15 is 0 Å². The summed E-state index contributed by atoms with van der Waals surface area (Å²) in [5, 5.41) is 32.0. The molecule has 0 saturated carbocycles. The van der Waals surface area contributed by atoms with Crippen LogP contribution in [0.5, 0.6) is 0 Å². The predicted octanol–water partition coefficient (Wildman–Crippen LogP) is 19.3. The molecule has 4 atom stereocenters. The highest BCUT2D eigenvalue weighted by Gasteiger charge is 2.34. The Balaban J connectivity index is -0.000000273. The van der Waals surface area contributed by atoms with E-state index in [1.165, 1.54) is 48.8 Å². The summed E-state index contributed by atoms with van der Waals surface area (Å²) in [5.74, 6) is -3.54. The first-order valence-corrected chi connectivity index (χ1v) is 23.4. The van der Waals surface area contributed by atoms with Gasteiger partial charge in [0.05, 0.1) is 36.0 Å². The SMILES string of the molecule is Cc1ccn2c(C(=O)Nc3cc(C(=O)C[C@@H]4c5ccccc5C[C@@H]4O)ccc3F)cnc2c1.Cc1ccn2c(C(=O)O)cnc2c1.FF.FF.FF.FF.FF.FF.FF.FF.FF.FF.FF.FF.FF.Nc1cc(C(=O)C[C@@H]2c3ccccc3C[C@@H]2O)ccc1F. The van der Waals surface area contributed by atoms with E-state index in [1.807, 2.05) is 86.6 Å². The fourth-order valence-corrected chi connectivity index (χ4v) is 8.63. The van der Waals surface area contributed by atoms with Crippen molar-refractivity contribution < 1.29 is 162 Å². The predicted molar refractivity (Wildman–Crippen MR) is 276 cm³/mol. The highest BCUT2D eigenvalue weighted by molar-refractivity contribution is 6.05. The number of pyridine rings is 2. The Kier molecular flexibility index (Phi) is 58.3. The first-order valence-electron chi connectivity index (χ1n) is 23.4. The van der Waals surface area contributed by atoms with Crippen molar-refractivity contribution in [1.29, 1.82) is 0 Å². The number of amides is 1. The number of carboxylic acid groups (broad SMARTS) is 1. The number of Topliss-reactive ketones (excluding diaryl/α,β-unsaturated/α-hetero) is 2. The average Bonchev–Trinajstić information content (AvgIpc) is 1.76. The Bertz CT molecular complexity index is 3270. The summed E-state index contributed by atoms with van der Waals surface area (Å²) < 4.78 is 239. The van der Waals surface area contributed by atoms with E-state index < -0.39 is 35.7 Å². The van der Waals surface area contributed by atoms with Gasteiger partial charge in [-0.3, -0.25) is 23.2 Å². The number of rotatable bonds is 9. The zero-order valence-electron chi connectivity index (χ0n) is 46.3. The van der Waals surface area contributed by atoms with Crippen LogP contribution in [0.3, 0.4) is 0 Å². The molecule has 4 aromatic heterocycles. The summed E-state index contributed by atoms with van der Waals surface area (Å²) in [6.07, 6.45) is 6.42. The number of aliphatic hydroxyl groups excluding tert-OH is 2. The zero-order chi connectivity index (χ0) is 73.5. The van der Waals surface area contributed by atoms with Crippen LogP contribution in [-0.4, -0.2) is 69.7 Å². The van der Waals surface area contributed by atoms with E-state index in [1.54, 1.807) is 21.2 Å². The maximum absolute atomic E-state index is 14.5. The van der Waals surface area contributed by atoms with Crippen molar-refractivity contribution >= 4 is 46.1 Å². The number of aliphatic hydroxyl groups is 2. The number of ketones is 2. The van der Waals surface area contributed by atoms with Crippen LogP contribution in [0.4, 0.5) is 139 Å². The van der Waals surface area contributed by atoms with Crippen molar-refractivity contribution in [3.63, 3.8) is 0 Å². The molecule has 2 aliphatic carbocycles. The van der Waals surface area contributed by atoms with E-state index in [0.29, 0.717) is 29.7 Å². The molecule has 0 bridgehead atoms. The number of aromatic nitrogens is 4. The molecule has 0 fully saturated rings. The number of nitrogens with zero attached hydrogens (tertiary/aromatic N) is 4. The first-order chi connectivity index (χ1) is 45.1. The number of nitrogens with one attached hydrogen (secondary N) is 1. The Morgan fingerprint density at radius 2 is 0.828 bits per heavy atom. The molecule has 13 nitrogen and oxygen atoms in total. The van der Waals surface area contributed by atoms with Gasteiger partial charge in [0.1, 0.15) is 28.6 Å². The Morgan fingerprint density at radius 1 is 0.484 bits per heavy atom. The van der Waals surface area contributed by atoms with Crippen molar-refractivity contribution in [2.45, 2.75) is 63.6 Å². The quantitative estimate of drug-likeness (QED) is 0.0526. The van der Waals surface area contributed by atoms with E-state index in [-0.39, 0.29) is 64.6 Å². The van der Waals surface area contributed by atoms with Crippen LogP contribution in [0, 0.1) is 25.5 Å². The van der Waals surface area contributed by atoms with Crippen LogP contribution < -0.4 is 11.1 Å². The van der Waals surface area contributed by atoms with Gasteiger partial charge in [-0.15, -0.1) is 0 Å². The molecule has 6 N–H and O–H groups in total. The molecule has 10 rings (SSSR count). The lowest BCUT2D eigenvalue weighted by Crippen LogP contribution is -2.18. The molecular formula is C52H46F28N6O7. The maximum Gasteiger partial charge on any atom is 0.354 e. The summed E-state index contributed by atoms with van der Waals surface area (Å²) in [5.41, 5.74) is 13.9. The van der Waals surface area contributed by atoms with Gasteiger partial charge >= 0.3 is 5.97 Å². The summed E-state index contributed by atoms with van der Waals surface area (Å²) in [6, 6.07) is 30.7. The number of carboxylic acids is 1. The minimum atomic E-state index is -0.962. The van der Waals surface area contributed by atoms with Gasteiger partial charge in [-0.2, -0.15) is 0 Å². The number of carbonyl (C=O) groups is 4. The summed E-state index contributed by atoms with van der Waals surface area (Å²) in [7, 11) is 0. The third-order valence-electron chi connectivity index (χ3n) is 12.2. The van der Waals surface area contributed by atoms with Crippen LogP contribution in [0.25, 0.3) is 11.3 Å². The molecule has 0 aliphatic heterocycles. The molecule has 8 aromatic rings. The molecule has 41 heteroatoms. The van der Waals surface area contributed by atoms with Crippen LogP contribution >= 0.6 is 0 Å². The number of benzene rings is 4. The lowest BCUT2D eigenvalue weighted by molar-refractivity contribution is 0.0688. The molecule has 2 aliphatic rings. The van der Waals surface area contributed by atoms with Crippen LogP contribution in [0.15, 0.2) is 134 Å². The van der Waals surface area contributed by atoms with Gasteiger partial charge in [-0.05, 0) is 121 Å². The van der Waals surface area contributed by atoms with Gasteiger partial charge in [0.15, 0.2) is 17.3 Å². The monoisotopic (exact) mass is 1400 g/mol. The topological polar surface area (TPSA) is 202 Å². The molecule has 93 heavy (non-hydrogen) atoms. The molecule has 1 amide bonds. The number of hydrogen-bond acceptors (Lipinski definition) is 9. The molecule has 0 saturated heterocycles. The summed E-state index contributed by atoms with van der Waals surface area (Å²) in [6.45, 7) is 3.87. The second-order valence-electron chi connectivity index (χ2n) is 16.7. The number of anilines is 2. The Morgan fingerprint density at radius 3 is 1.20 bits per heavy atom. The number of carbonyl (C=O) groups excluding carboxylic acids is 3. The minimum absolute atomic E-state index is 0.0341. The second kappa shape index (κ2) is 57.5. The van der Waals surface area contributed by atoms with Crippen molar-refractivity contribution in [3.05, 3.63) is 202 Å². The lowest BCUT2D eigenvalue weighted by Gasteiger charge is -2.15. The number of halogens is 28. The van der Waals surface area contributed by atoms with Gasteiger partial charge in [0.25, 0.3) is 5.91 Å². The second-order valence-corrected chi connectivity index (χ2v) is 16.7. The van der Waals surface area contributed by atoms with E-state index in [4.69, 9.17) is 130 Å². The Labute approximate surface area is 502 Å². The number of aromatic carboxylic acids is 1. The van der Waals surface area contributed by atoms with Gasteiger partial charge in [-0.1, -0.05) is 48.5 Å². The molecule has 522 valence electrons. The third-order valence-corrected chi connectivity index (χ3v) is 12.2. The average molecular weight is 1400 g/mol. The van der Waals surface area contributed by atoms with E-state index in [9.17, 15) is 38.2 Å². The third kappa shape index (κ3) is 29.4. The smallest absolute Gasteiger partial charge is 0.354 e. The summed E-state index contributed by atoms with van der Waals surface area (Å²) >= 11 is 0. The van der Waals surface area contributed by atoms with Crippen molar-refractivity contribution in [3.8, 4) is 0 Å². The minimum Gasteiger partial charge on any atom is -0.477 e. The largest absolute Gasteiger partial charge is 0.477 e. The van der Waals surface area contributed by atoms with Crippen LogP contribution in [0.1, 0.15) is 99.8 Å². The van der Waals surface area contributed by atoms with Crippen molar-refractivity contribution in [2.75, 3.05) is 11.1 Å². The van der Waals surface area contributed by atoms with Gasteiger partial charge in [0, 0.05) is 167 Å². The first kappa shape index (κ1) is 94.4. The highest BCUT2D eigenvalue weighted by Crippen LogP contribution is 2.38. The van der Waals surface area contributed by atoms with Gasteiger partial charge in [-0.25, -0.2) is 23.5 Å². The molecule has 0 unspecified atom stereocenters. The lowest BCUT2D eigenvalue weighted by atomic mass is 9.91. The normalized spacial score (nSPS) is 13.0. The molecule has 0 spiro atoms. The molecule has 4 aromatic carbocycles. The fraction of sp³-hybridized carbons (Fsp3) is 0.192. The Hall–Kier alpha value is -9.70. The zero-order valence-corrected chi connectivity index (χ0v) is 46.3. The van der Waals surface area contributed by atoms with Gasteiger partial charge in [0.2, 0.25) is 0 Å². The number of aryl methyl sites for hydroxylation is 2. The maximum atomic E-state index is 14.5. The molecular weight excluding hydrogens is 1350 g/mol. The number of nitrogens with two attached hydrogens (primary N) is 1. The van der Waals surface area contributed by atoms with E-state index in [0.717, 1.165) is 33.4 Å². The standard InChI is InChI=1S/C26H22FN3O3.C17H16FNO2.C9H8N2O2.13F2/c1-15-8-9-30-22(14-28-25(30)10-15)26(33)29-21-11-17(6-7-20(21)27)23(31)13-19-18-5-3-2-4-16(18)12-24(19)32;18-14-6-5-11(7-15(14)19)16(20)9-13-12-4-2-1-3-10(12)8-17(13)21;1-6-2-3-11-7(9(12)13)5-10-8(11)4-6;13*1-2/h2-11,14,19,24,32H,12-13H2,1H3,(H,29,33);1-7,13,17,21H,8-9,19H2;2-5H,1H3,(H,12,13);;;;;;;;;;;;;/t19-,24+;13-,17+;;;;;;;;;;;;;;/m11............../s1. The number of imidazole rings is 2. The summed E-state index contributed by atoms with van der Waals surface area (Å²) in [4.78, 5) is 57.0. The molecule has 4 heterocycles. The fourth-order valence-electron chi connectivity index (χ4n) is 8.63. The van der Waals surface area contributed by atoms with Gasteiger partial charge < -0.3 is 26.4 Å². The highest BCUT2D eigenvalue weighted by atomic mass is 20.0. The van der Waals surface area contributed by atoms with Crippen LogP contribution in [0.2, 0.25) is 0 Å². The van der Waals surface area contributed by atoms with E-state index in [2.05, 4.69) is 15.3 Å². The number of nitrogen functional groups attached to an aromatic ring is 1.